The molecule has 0 aliphatic heterocycles. The van der Waals surface area contributed by atoms with Gasteiger partial charge in [0.1, 0.15) is 5.52 Å². The Labute approximate surface area is 149 Å². The van der Waals surface area contributed by atoms with E-state index < -0.39 is 0 Å². The number of benzene rings is 2. The summed E-state index contributed by atoms with van der Waals surface area (Å²) in [7, 11) is 0. The normalized spacial score (nSPS) is 11.0. The predicted octanol–water partition coefficient (Wildman–Crippen LogP) is 4.61. The van der Waals surface area contributed by atoms with Crippen molar-refractivity contribution in [3.8, 4) is 22.5 Å². The molecule has 0 saturated heterocycles. The second-order valence-electron chi connectivity index (χ2n) is 5.86. The number of rotatable bonds is 2. The molecule has 5 heteroatoms. The second-order valence-corrected chi connectivity index (χ2v) is 6.30. The summed E-state index contributed by atoms with van der Waals surface area (Å²) in [6, 6.07) is 18.7. The summed E-state index contributed by atoms with van der Waals surface area (Å²) in [5.41, 5.74) is 5.20. The van der Waals surface area contributed by atoms with Crippen LogP contribution in [0.2, 0.25) is 5.02 Å². The lowest BCUT2D eigenvalue weighted by atomic mass is 10.0. The zero-order chi connectivity index (χ0) is 17.4. The molecule has 1 N–H and O–H groups in total. The van der Waals surface area contributed by atoms with Gasteiger partial charge < -0.3 is 4.98 Å². The zero-order valence-electron chi connectivity index (χ0n) is 13.5. The fourth-order valence-electron chi connectivity index (χ4n) is 2.84. The molecule has 0 unspecified atom stereocenters. The summed E-state index contributed by atoms with van der Waals surface area (Å²) in [5.74, 6) is 0. The number of nitrogens with one attached hydrogen (secondary N) is 1. The van der Waals surface area contributed by atoms with Crippen molar-refractivity contribution in [1.29, 1.82) is 0 Å². The van der Waals surface area contributed by atoms with Crippen LogP contribution in [0, 0.1) is 6.92 Å². The monoisotopic (exact) mass is 347 g/mol. The summed E-state index contributed by atoms with van der Waals surface area (Å²) in [6.45, 7) is 1.99. The maximum Gasteiger partial charge on any atom is 0.249 e. The molecule has 0 atom stereocenters. The van der Waals surface area contributed by atoms with Gasteiger partial charge in [-0.05, 0) is 36.8 Å². The van der Waals surface area contributed by atoms with Crippen LogP contribution in [0.15, 0.2) is 65.5 Å². The quantitative estimate of drug-likeness (QED) is 0.576. The summed E-state index contributed by atoms with van der Waals surface area (Å²) in [4.78, 5) is 23.8. The molecule has 0 bridgehead atoms. The van der Waals surface area contributed by atoms with Crippen molar-refractivity contribution < 1.29 is 0 Å². The Morgan fingerprint density at radius 2 is 1.64 bits per heavy atom. The Morgan fingerprint density at radius 3 is 2.40 bits per heavy atom. The smallest absolute Gasteiger partial charge is 0.249 e. The number of aromatic nitrogens is 3. The molecular weight excluding hydrogens is 334 g/mol. The van der Waals surface area contributed by atoms with Gasteiger partial charge in [0.15, 0.2) is 5.65 Å². The van der Waals surface area contributed by atoms with E-state index >= 15 is 0 Å². The Kier molecular flexibility index (Phi) is 3.82. The van der Waals surface area contributed by atoms with E-state index in [9.17, 15) is 4.79 Å². The molecule has 4 rings (SSSR count). The first-order valence-corrected chi connectivity index (χ1v) is 8.22. The van der Waals surface area contributed by atoms with Gasteiger partial charge in [-0.15, -0.1) is 0 Å². The van der Waals surface area contributed by atoms with Crippen LogP contribution < -0.4 is 5.56 Å². The highest BCUT2D eigenvalue weighted by atomic mass is 35.5. The van der Waals surface area contributed by atoms with Gasteiger partial charge in [0.2, 0.25) is 5.56 Å². The first-order chi connectivity index (χ1) is 12.1. The fraction of sp³-hybridized carbons (Fsp3) is 0.0500. The minimum absolute atomic E-state index is 0.202. The number of H-pyrrole nitrogens is 1. The van der Waals surface area contributed by atoms with Crippen LogP contribution in [0.25, 0.3) is 33.7 Å². The average molecular weight is 348 g/mol. The van der Waals surface area contributed by atoms with Crippen LogP contribution in [0.3, 0.4) is 0 Å². The molecule has 2 heterocycles. The highest BCUT2D eigenvalue weighted by molar-refractivity contribution is 6.31. The van der Waals surface area contributed by atoms with Gasteiger partial charge in [-0.25, -0.2) is 9.97 Å². The molecule has 0 spiro atoms. The van der Waals surface area contributed by atoms with Crippen molar-refractivity contribution in [3.05, 3.63) is 81.6 Å². The summed E-state index contributed by atoms with van der Waals surface area (Å²) in [5, 5.41) is 0.650. The molecule has 0 aliphatic carbocycles. The fourth-order valence-corrected chi connectivity index (χ4v) is 3.13. The number of pyridine rings is 1. The number of hydrogen-bond donors (Lipinski definition) is 1. The molecule has 0 radical (unpaired) electrons. The third-order valence-corrected chi connectivity index (χ3v) is 4.14. The SMILES string of the molecule is Cc1cc(Cl)cc(-c2nc3ccc(=O)[nH]c3nc2-c2ccccc2)c1. The number of fused-ring (bicyclic) bond motifs is 1. The van der Waals surface area contributed by atoms with E-state index in [0.29, 0.717) is 21.9 Å². The van der Waals surface area contributed by atoms with E-state index in [4.69, 9.17) is 16.6 Å². The first-order valence-electron chi connectivity index (χ1n) is 7.84. The molecule has 4 aromatic rings. The van der Waals surface area contributed by atoms with Crippen LogP contribution in [0.5, 0.6) is 0 Å². The van der Waals surface area contributed by atoms with E-state index in [1.807, 2.05) is 55.5 Å². The number of nitrogens with zero attached hydrogens (tertiary/aromatic N) is 2. The van der Waals surface area contributed by atoms with Crippen LogP contribution in [-0.2, 0) is 0 Å². The van der Waals surface area contributed by atoms with Crippen LogP contribution in [0.1, 0.15) is 5.56 Å². The molecule has 2 aromatic heterocycles. The van der Waals surface area contributed by atoms with Gasteiger partial charge in [-0.3, -0.25) is 4.79 Å². The third kappa shape index (κ3) is 3.04. The maximum atomic E-state index is 11.6. The highest BCUT2D eigenvalue weighted by Gasteiger charge is 2.14. The second kappa shape index (κ2) is 6.15. The van der Waals surface area contributed by atoms with E-state index in [-0.39, 0.29) is 5.56 Å². The Morgan fingerprint density at radius 1 is 0.880 bits per heavy atom. The van der Waals surface area contributed by atoms with E-state index in [1.54, 1.807) is 6.07 Å². The predicted molar refractivity (Wildman–Crippen MR) is 101 cm³/mol. The molecule has 2 aromatic carbocycles. The molecule has 0 amide bonds. The molecule has 25 heavy (non-hydrogen) atoms. The van der Waals surface area contributed by atoms with Gasteiger partial charge >= 0.3 is 0 Å². The van der Waals surface area contributed by atoms with Gasteiger partial charge in [0.25, 0.3) is 0 Å². The zero-order valence-corrected chi connectivity index (χ0v) is 14.2. The largest absolute Gasteiger partial charge is 0.305 e. The summed E-state index contributed by atoms with van der Waals surface area (Å²) in [6.07, 6.45) is 0. The minimum Gasteiger partial charge on any atom is -0.305 e. The molecule has 122 valence electrons. The van der Waals surface area contributed by atoms with E-state index in [1.165, 1.54) is 6.07 Å². The van der Waals surface area contributed by atoms with Crippen molar-refractivity contribution in [2.45, 2.75) is 6.92 Å². The number of hydrogen-bond acceptors (Lipinski definition) is 3. The molecule has 0 aliphatic rings. The van der Waals surface area contributed by atoms with Gasteiger partial charge in [0.05, 0.1) is 11.4 Å². The van der Waals surface area contributed by atoms with E-state index in [0.717, 1.165) is 22.4 Å². The molecule has 4 nitrogen and oxygen atoms in total. The topological polar surface area (TPSA) is 58.6 Å². The lowest BCUT2D eigenvalue weighted by Crippen LogP contribution is -2.06. The first kappa shape index (κ1) is 15.5. The van der Waals surface area contributed by atoms with Gasteiger partial charge in [-0.2, -0.15) is 0 Å². The third-order valence-electron chi connectivity index (χ3n) is 3.92. The standard InChI is InChI=1S/C20H14ClN3O/c1-12-9-14(11-15(21)10-12)19-18(13-5-3-2-4-6-13)24-20-16(22-19)7-8-17(25)23-20/h2-11H,1H3,(H,23,24,25). The van der Waals surface area contributed by atoms with Crippen molar-refractivity contribution in [2.24, 2.45) is 0 Å². The van der Waals surface area contributed by atoms with Crippen LogP contribution in [0.4, 0.5) is 0 Å². The molecule has 0 fully saturated rings. The lowest BCUT2D eigenvalue weighted by Gasteiger charge is -2.11. The van der Waals surface area contributed by atoms with Gasteiger partial charge in [0, 0.05) is 22.2 Å². The summed E-state index contributed by atoms with van der Waals surface area (Å²) >= 11 is 6.24. The Balaban J connectivity index is 2.07. The number of halogens is 1. The maximum absolute atomic E-state index is 11.6. The van der Waals surface area contributed by atoms with Crippen molar-refractivity contribution in [1.82, 2.24) is 15.0 Å². The van der Waals surface area contributed by atoms with Crippen LogP contribution in [-0.4, -0.2) is 15.0 Å². The van der Waals surface area contributed by atoms with Crippen molar-refractivity contribution >= 4 is 22.8 Å². The minimum atomic E-state index is -0.202. The lowest BCUT2D eigenvalue weighted by molar-refractivity contribution is 1.19. The number of aromatic amines is 1. The van der Waals surface area contributed by atoms with Crippen molar-refractivity contribution in [3.63, 3.8) is 0 Å². The number of aryl methyl sites for hydroxylation is 1. The average Bonchev–Trinajstić information content (AvgIpc) is 2.60. The van der Waals surface area contributed by atoms with Crippen LogP contribution >= 0.6 is 11.6 Å². The van der Waals surface area contributed by atoms with Crippen molar-refractivity contribution in [2.75, 3.05) is 0 Å². The Hall–Kier alpha value is -2.98. The highest BCUT2D eigenvalue weighted by Crippen LogP contribution is 2.32. The molecule has 0 saturated carbocycles. The molecular formula is C20H14ClN3O. The van der Waals surface area contributed by atoms with E-state index in [2.05, 4.69) is 9.97 Å². The summed E-state index contributed by atoms with van der Waals surface area (Å²) < 4.78 is 0. The Bertz CT molecular complexity index is 1120. The van der Waals surface area contributed by atoms with Gasteiger partial charge in [-0.1, -0.05) is 41.9 Å².